The number of nitrogens with zero attached hydrogens (tertiary/aromatic N) is 1. The molecule has 0 radical (unpaired) electrons. The van der Waals surface area contributed by atoms with Gasteiger partial charge in [-0.2, -0.15) is 0 Å². The summed E-state index contributed by atoms with van der Waals surface area (Å²) in [6, 6.07) is 1.47. The van der Waals surface area contributed by atoms with Crippen LogP contribution in [0, 0.1) is 6.92 Å². The van der Waals surface area contributed by atoms with Crippen molar-refractivity contribution in [3.8, 4) is 5.88 Å². The third-order valence-corrected chi connectivity index (χ3v) is 1.93. The molecule has 0 aliphatic rings. The first kappa shape index (κ1) is 11.7. The number of aromatic nitrogens is 1. The number of carbonyl (C=O) groups excluding carboxylic acids is 1. The van der Waals surface area contributed by atoms with E-state index in [1.165, 1.54) is 13.2 Å². The first-order chi connectivity index (χ1) is 7.10. The van der Waals surface area contributed by atoms with Crippen molar-refractivity contribution >= 4 is 17.6 Å². The standard InChI is InChI=1S/C9H9ClFNO3/c1-5-3-6(10)12-8(15-4-11)7(5)9(13)14-2/h3H,4H2,1-2H3. The van der Waals surface area contributed by atoms with Crippen molar-refractivity contribution in [2.45, 2.75) is 6.92 Å². The van der Waals surface area contributed by atoms with E-state index in [9.17, 15) is 9.18 Å². The molecule has 1 rings (SSSR count). The summed E-state index contributed by atoms with van der Waals surface area (Å²) in [5.74, 6) is -0.797. The molecule has 0 aliphatic carbocycles. The van der Waals surface area contributed by atoms with Crippen molar-refractivity contribution in [3.05, 3.63) is 22.3 Å². The van der Waals surface area contributed by atoms with Gasteiger partial charge in [-0.05, 0) is 18.6 Å². The van der Waals surface area contributed by atoms with Gasteiger partial charge in [-0.15, -0.1) is 0 Å². The fourth-order valence-corrected chi connectivity index (χ4v) is 1.35. The van der Waals surface area contributed by atoms with E-state index in [0.29, 0.717) is 5.56 Å². The van der Waals surface area contributed by atoms with Gasteiger partial charge in [0, 0.05) is 0 Å². The second-order valence-electron chi connectivity index (χ2n) is 2.69. The molecule has 0 unspecified atom stereocenters. The van der Waals surface area contributed by atoms with Crippen molar-refractivity contribution in [1.82, 2.24) is 4.98 Å². The van der Waals surface area contributed by atoms with Crippen LogP contribution in [-0.4, -0.2) is 24.9 Å². The maximum atomic E-state index is 12.0. The number of halogens is 2. The van der Waals surface area contributed by atoms with Gasteiger partial charge in [0.2, 0.25) is 12.7 Å². The summed E-state index contributed by atoms with van der Waals surface area (Å²) in [5.41, 5.74) is 0.602. The highest BCUT2D eigenvalue weighted by atomic mass is 35.5. The summed E-state index contributed by atoms with van der Waals surface area (Å²) in [6.07, 6.45) is 0. The molecule has 4 nitrogen and oxygen atoms in total. The average Bonchev–Trinajstić information content (AvgIpc) is 2.16. The number of methoxy groups -OCH3 is 1. The maximum absolute atomic E-state index is 12.0. The summed E-state index contributed by atoms with van der Waals surface area (Å²) in [5, 5.41) is 0.128. The van der Waals surface area contributed by atoms with Crippen molar-refractivity contribution in [2.24, 2.45) is 0 Å². The maximum Gasteiger partial charge on any atom is 0.343 e. The number of esters is 1. The summed E-state index contributed by atoms with van der Waals surface area (Å²) in [6.45, 7) is 0.543. The van der Waals surface area contributed by atoms with Crippen molar-refractivity contribution < 1.29 is 18.7 Å². The zero-order valence-corrected chi connectivity index (χ0v) is 8.97. The molecule has 0 aliphatic heterocycles. The van der Waals surface area contributed by atoms with Crippen molar-refractivity contribution in [1.29, 1.82) is 0 Å². The van der Waals surface area contributed by atoms with Crippen molar-refractivity contribution in [2.75, 3.05) is 14.0 Å². The number of hydrogen-bond acceptors (Lipinski definition) is 4. The minimum absolute atomic E-state index is 0.0829. The van der Waals surface area contributed by atoms with Crippen LogP contribution < -0.4 is 4.74 Å². The van der Waals surface area contributed by atoms with Crippen molar-refractivity contribution in [3.63, 3.8) is 0 Å². The largest absolute Gasteiger partial charge is 0.465 e. The lowest BCUT2D eigenvalue weighted by Gasteiger charge is -2.09. The lowest BCUT2D eigenvalue weighted by Crippen LogP contribution is -2.09. The Morgan fingerprint density at radius 1 is 1.67 bits per heavy atom. The number of carbonyl (C=O) groups is 1. The molecular formula is C9H9ClFNO3. The molecule has 0 fully saturated rings. The van der Waals surface area contributed by atoms with E-state index in [2.05, 4.69) is 14.5 Å². The molecule has 82 valence electrons. The number of aryl methyl sites for hydroxylation is 1. The molecule has 0 N–H and O–H groups in total. The molecule has 0 spiro atoms. The van der Waals surface area contributed by atoms with Crippen LogP contribution in [0.2, 0.25) is 5.15 Å². The van der Waals surface area contributed by atoms with E-state index >= 15 is 0 Å². The Kier molecular flexibility index (Phi) is 3.85. The van der Waals surface area contributed by atoms with E-state index in [1.54, 1.807) is 6.92 Å². The molecule has 6 heteroatoms. The van der Waals surface area contributed by atoms with Crippen LogP contribution in [0.15, 0.2) is 6.07 Å². The van der Waals surface area contributed by atoms with E-state index < -0.39 is 12.8 Å². The molecule has 0 aromatic carbocycles. The van der Waals surface area contributed by atoms with E-state index in [4.69, 9.17) is 11.6 Å². The van der Waals surface area contributed by atoms with Gasteiger partial charge in [-0.1, -0.05) is 11.6 Å². The van der Waals surface area contributed by atoms with E-state index in [1.807, 2.05) is 0 Å². The van der Waals surface area contributed by atoms with Crippen LogP contribution in [0.25, 0.3) is 0 Å². The number of rotatable bonds is 3. The van der Waals surface area contributed by atoms with Crippen LogP contribution in [0.5, 0.6) is 5.88 Å². The molecule has 0 amide bonds. The highest BCUT2D eigenvalue weighted by Crippen LogP contribution is 2.24. The monoisotopic (exact) mass is 233 g/mol. The normalized spacial score (nSPS) is 9.87. The first-order valence-electron chi connectivity index (χ1n) is 4.04. The Morgan fingerprint density at radius 3 is 2.87 bits per heavy atom. The summed E-state index contributed by atoms with van der Waals surface area (Å²) in [4.78, 5) is 15.0. The molecule has 0 bridgehead atoms. The lowest BCUT2D eigenvalue weighted by atomic mass is 10.1. The molecule has 15 heavy (non-hydrogen) atoms. The molecule has 1 heterocycles. The van der Waals surface area contributed by atoms with Crippen LogP contribution in [0.4, 0.5) is 4.39 Å². The van der Waals surface area contributed by atoms with E-state index in [-0.39, 0.29) is 16.6 Å². The number of ether oxygens (including phenoxy) is 2. The SMILES string of the molecule is COC(=O)c1c(C)cc(Cl)nc1OCF. The summed E-state index contributed by atoms with van der Waals surface area (Å²) in [7, 11) is 1.22. The second kappa shape index (κ2) is 4.93. The Balaban J connectivity index is 3.26. The second-order valence-corrected chi connectivity index (χ2v) is 3.07. The summed E-state index contributed by atoms with van der Waals surface area (Å²) < 4.78 is 21.1. The van der Waals surface area contributed by atoms with Gasteiger partial charge in [0.15, 0.2) is 0 Å². The Morgan fingerprint density at radius 2 is 2.33 bits per heavy atom. The molecule has 1 aromatic rings. The molecule has 0 saturated carbocycles. The average molecular weight is 234 g/mol. The van der Waals surface area contributed by atoms with Gasteiger partial charge >= 0.3 is 5.97 Å². The van der Waals surface area contributed by atoms with Crippen LogP contribution in [0.1, 0.15) is 15.9 Å². The Bertz CT molecular complexity index is 384. The lowest BCUT2D eigenvalue weighted by molar-refractivity contribution is 0.0591. The summed E-state index contributed by atoms with van der Waals surface area (Å²) >= 11 is 5.64. The third-order valence-electron chi connectivity index (χ3n) is 1.73. The Hall–Kier alpha value is -1.36. The number of alkyl halides is 1. The van der Waals surface area contributed by atoms with Crippen LogP contribution in [-0.2, 0) is 4.74 Å². The molecule has 0 saturated heterocycles. The van der Waals surface area contributed by atoms with E-state index in [0.717, 1.165) is 0 Å². The fraction of sp³-hybridized carbons (Fsp3) is 0.333. The van der Waals surface area contributed by atoms with Gasteiger partial charge < -0.3 is 9.47 Å². The van der Waals surface area contributed by atoms with Gasteiger partial charge in [0.25, 0.3) is 0 Å². The van der Waals surface area contributed by atoms with Gasteiger partial charge in [0.05, 0.1) is 7.11 Å². The topological polar surface area (TPSA) is 48.4 Å². The first-order valence-corrected chi connectivity index (χ1v) is 4.42. The van der Waals surface area contributed by atoms with Gasteiger partial charge in [-0.3, -0.25) is 0 Å². The predicted molar refractivity (Wildman–Crippen MR) is 51.9 cm³/mol. The minimum atomic E-state index is -1.09. The Labute approximate surface area is 91.0 Å². The predicted octanol–water partition coefficient (Wildman–Crippen LogP) is 2.14. The van der Waals surface area contributed by atoms with Crippen LogP contribution >= 0.6 is 11.6 Å². The molecule has 0 atom stereocenters. The number of pyridine rings is 1. The quantitative estimate of drug-likeness (QED) is 0.593. The zero-order valence-electron chi connectivity index (χ0n) is 8.21. The fourth-order valence-electron chi connectivity index (χ4n) is 1.11. The highest BCUT2D eigenvalue weighted by Gasteiger charge is 2.18. The zero-order chi connectivity index (χ0) is 11.4. The minimum Gasteiger partial charge on any atom is -0.465 e. The molecular weight excluding hydrogens is 225 g/mol. The highest BCUT2D eigenvalue weighted by molar-refractivity contribution is 6.29. The van der Waals surface area contributed by atoms with Crippen LogP contribution in [0.3, 0.4) is 0 Å². The third kappa shape index (κ3) is 2.56. The smallest absolute Gasteiger partial charge is 0.343 e. The van der Waals surface area contributed by atoms with Gasteiger partial charge in [-0.25, -0.2) is 14.2 Å². The van der Waals surface area contributed by atoms with Gasteiger partial charge in [0.1, 0.15) is 10.7 Å². The molecule has 1 aromatic heterocycles. The number of hydrogen-bond donors (Lipinski definition) is 0.